The van der Waals surface area contributed by atoms with Crippen molar-refractivity contribution in [1.29, 1.82) is 0 Å². The fraction of sp³-hybridized carbons (Fsp3) is 0.375. The number of rotatable bonds is 3. The Morgan fingerprint density at radius 1 is 1.55 bits per heavy atom. The number of aliphatic hydroxyl groups excluding tert-OH is 1. The first-order valence-electron chi connectivity index (χ1n) is 3.42. The van der Waals surface area contributed by atoms with Crippen LogP contribution in [0.4, 0.5) is 0 Å². The molecule has 0 aliphatic heterocycles. The number of nitrogens with zero attached hydrogens (tertiary/aromatic N) is 1. The molecule has 0 aromatic carbocycles. The minimum Gasteiger partial charge on any atom is -0.513 e. The Kier molecular flexibility index (Phi) is 5.11. The zero-order valence-electron chi connectivity index (χ0n) is 6.91. The van der Waals surface area contributed by atoms with E-state index in [4.69, 9.17) is 10.8 Å². The van der Waals surface area contributed by atoms with Gasteiger partial charge in [0.25, 0.3) is 0 Å². The van der Waals surface area contributed by atoms with E-state index in [0.29, 0.717) is 12.2 Å². The molecule has 62 valence electrons. The SMILES string of the molecule is CC(C)=C/C(=C/O)N=CCN. The number of aliphatic hydroxyl groups is 1. The minimum absolute atomic E-state index is 0.383. The maximum atomic E-state index is 8.64. The smallest absolute Gasteiger partial charge is 0.105 e. The molecular weight excluding hydrogens is 140 g/mol. The van der Waals surface area contributed by atoms with Crippen LogP contribution in [0.1, 0.15) is 13.8 Å². The van der Waals surface area contributed by atoms with Crippen molar-refractivity contribution in [3.05, 3.63) is 23.6 Å². The molecule has 0 fully saturated rings. The zero-order valence-corrected chi connectivity index (χ0v) is 6.91. The van der Waals surface area contributed by atoms with E-state index in [1.54, 1.807) is 12.3 Å². The predicted molar refractivity (Wildman–Crippen MR) is 47.7 cm³/mol. The highest BCUT2D eigenvalue weighted by atomic mass is 16.2. The van der Waals surface area contributed by atoms with E-state index in [-0.39, 0.29) is 0 Å². The summed E-state index contributed by atoms with van der Waals surface area (Å²) >= 11 is 0. The third kappa shape index (κ3) is 5.36. The van der Waals surface area contributed by atoms with Crippen molar-refractivity contribution in [1.82, 2.24) is 0 Å². The summed E-state index contributed by atoms with van der Waals surface area (Å²) in [5.41, 5.74) is 6.79. The van der Waals surface area contributed by atoms with Gasteiger partial charge in [-0.1, -0.05) is 5.57 Å². The Labute approximate surface area is 66.9 Å². The summed E-state index contributed by atoms with van der Waals surface area (Å²) in [7, 11) is 0. The Bertz CT molecular complexity index is 188. The molecule has 3 nitrogen and oxygen atoms in total. The average Bonchev–Trinajstić information content (AvgIpc) is 1.97. The first-order chi connectivity index (χ1) is 5.20. The Morgan fingerprint density at radius 2 is 2.18 bits per heavy atom. The van der Waals surface area contributed by atoms with Gasteiger partial charge in [-0.05, 0) is 19.9 Å². The maximum Gasteiger partial charge on any atom is 0.105 e. The molecule has 0 saturated heterocycles. The topological polar surface area (TPSA) is 58.6 Å². The van der Waals surface area contributed by atoms with Gasteiger partial charge >= 0.3 is 0 Å². The molecule has 0 atom stereocenters. The van der Waals surface area contributed by atoms with Crippen molar-refractivity contribution < 1.29 is 5.11 Å². The summed E-state index contributed by atoms with van der Waals surface area (Å²) in [4.78, 5) is 3.89. The van der Waals surface area contributed by atoms with Crippen LogP contribution in [0.25, 0.3) is 0 Å². The lowest BCUT2D eigenvalue weighted by atomic mass is 10.3. The number of hydrogen-bond donors (Lipinski definition) is 2. The molecule has 3 N–H and O–H groups in total. The summed E-state index contributed by atoms with van der Waals surface area (Å²) in [5, 5.41) is 8.64. The lowest BCUT2D eigenvalue weighted by Crippen LogP contribution is -1.98. The van der Waals surface area contributed by atoms with E-state index in [1.807, 2.05) is 13.8 Å². The van der Waals surface area contributed by atoms with Gasteiger partial charge in [-0.3, -0.25) is 4.99 Å². The van der Waals surface area contributed by atoms with Crippen LogP contribution in [-0.4, -0.2) is 17.9 Å². The molecule has 3 heteroatoms. The van der Waals surface area contributed by atoms with E-state index >= 15 is 0 Å². The van der Waals surface area contributed by atoms with Crippen molar-refractivity contribution in [3.8, 4) is 0 Å². The van der Waals surface area contributed by atoms with Crippen molar-refractivity contribution in [3.63, 3.8) is 0 Å². The van der Waals surface area contributed by atoms with Crippen LogP contribution in [-0.2, 0) is 0 Å². The molecule has 0 radical (unpaired) electrons. The number of aliphatic imine (C=N–C) groups is 1. The van der Waals surface area contributed by atoms with Gasteiger partial charge in [0, 0.05) is 12.8 Å². The molecule has 0 spiro atoms. The summed E-state index contributed by atoms with van der Waals surface area (Å²) in [6.07, 6.45) is 4.27. The van der Waals surface area contributed by atoms with Gasteiger partial charge in [0.15, 0.2) is 0 Å². The molecule has 0 aliphatic carbocycles. The number of hydrogen-bond acceptors (Lipinski definition) is 3. The first-order valence-corrected chi connectivity index (χ1v) is 3.42. The van der Waals surface area contributed by atoms with Crippen molar-refractivity contribution in [2.75, 3.05) is 6.54 Å². The van der Waals surface area contributed by atoms with E-state index < -0.39 is 0 Å². The fourth-order valence-corrected chi connectivity index (χ4v) is 0.562. The van der Waals surface area contributed by atoms with Gasteiger partial charge in [-0.2, -0.15) is 0 Å². The molecule has 0 saturated carbocycles. The minimum atomic E-state index is 0.383. The van der Waals surface area contributed by atoms with Gasteiger partial charge < -0.3 is 10.8 Å². The van der Waals surface area contributed by atoms with Gasteiger partial charge in [0.1, 0.15) is 6.26 Å². The van der Waals surface area contributed by atoms with Gasteiger partial charge in [-0.15, -0.1) is 0 Å². The second-order valence-corrected chi connectivity index (χ2v) is 2.32. The van der Waals surface area contributed by atoms with Crippen LogP contribution in [0.15, 0.2) is 28.6 Å². The Morgan fingerprint density at radius 3 is 2.55 bits per heavy atom. The Balaban J connectivity index is 4.21. The molecule has 0 unspecified atom stereocenters. The van der Waals surface area contributed by atoms with Crippen molar-refractivity contribution in [2.24, 2.45) is 10.7 Å². The Hall–Kier alpha value is -1.09. The lowest BCUT2D eigenvalue weighted by molar-refractivity contribution is 0.468. The molecule has 0 aliphatic rings. The van der Waals surface area contributed by atoms with Crippen LogP contribution < -0.4 is 5.73 Å². The molecule has 0 amide bonds. The third-order valence-corrected chi connectivity index (χ3v) is 0.915. The van der Waals surface area contributed by atoms with Gasteiger partial charge in [0.2, 0.25) is 0 Å². The highest BCUT2D eigenvalue weighted by Crippen LogP contribution is 2.01. The third-order valence-electron chi connectivity index (χ3n) is 0.915. The van der Waals surface area contributed by atoms with Crippen LogP contribution in [0.3, 0.4) is 0 Å². The van der Waals surface area contributed by atoms with Crippen LogP contribution in [0.2, 0.25) is 0 Å². The van der Waals surface area contributed by atoms with Crippen LogP contribution in [0.5, 0.6) is 0 Å². The molecule has 0 heterocycles. The molecular formula is C8H14N2O. The molecule has 0 rings (SSSR count). The number of allylic oxidation sites excluding steroid dienone is 2. The largest absolute Gasteiger partial charge is 0.513 e. The number of nitrogens with two attached hydrogens (primary N) is 1. The second-order valence-electron chi connectivity index (χ2n) is 2.32. The summed E-state index contributed by atoms with van der Waals surface area (Å²) in [6.45, 7) is 4.25. The van der Waals surface area contributed by atoms with E-state index in [0.717, 1.165) is 11.8 Å². The highest BCUT2D eigenvalue weighted by Gasteiger charge is 1.85. The fourth-order valence-electron chi connectivity index (χ4n) is 0.562. The van der Waals surface area contributed by atoms with E-state index in [1.165, 1.54) is 0 Å². The van der Waals surface area contributed by atoms with Crippen molar-refractivity contribution in [2.45, 2.75) is 13.8 Å². The average molecular weight is 154 g/mol. The molecule has 0 aromatic rings. The van der Waals surface area contributed by atoms with E-state index in [9.17, 15) is 0 Å². The van der Waals surface area contributed by atoms with Gasteiger partial charge in [0.05, 0.1) is 5.70 Å². The quantitative estimate of drug-likeness (QED) is 0.366. The molecule has 11 heavy (non-hydrogen) atoms. The first kappa shape index (κ1) is 9.91. The summed E-state index contributed by atoms with van der Waals surface area (Å²) < 4.78 is 0. The molecule has 0 aromatic heterocycles. The normalized spacial score (nSPS) is 12.1. The summed E-state index contributed by atoms with van der Waals surface area (Å²) in [6, 6.07) is 0. The standard InChI is InChI=1S/C8H14N2O/c1-7(2)5-8(6-11)10-4-3-9/h4-6,11H,3,9H2,1-2H3/b8-6-,10-4?. The lowest BCUT2D eigenvalue weighted by Gasteiger charge is -1.91. The zero-order chi connectivity index (χ0) is 8.69. The van der Waals surface area contributed by atoms with E-state index in [2.05, 4.69) is 4.99 Å². The second kappa shape index (κ2) is 5.68. The van der Waals surface area contributed by atoms with Crippen LogP contribution in [0, 0.1) is 0 Å². The van der Waals surface area contributed by atoms with Crippen molar-refractivity contribution >= 4 is 6.21 Å². The van der Waals surface area contributed by atoms with Crippen LogP contribution >= 0.6 is 0 Å². The van der Waals surface area contributed by atoms with Gasteiger partial charge in [-0.25, -0.2) is 0 Å². The molecule has 0 bridgehead atoms. The highest BCUT2D eigenvalue weighted by molar-refractivity contribution is 5.61. The maximum absolute atomic E-state index is 8.64. The monoisotopic (exact) mass is 154 g/mol. The summed E-state index contributed by atoms with van der Waals surface area (Å²) in [5.74, 6) is 0. The predicted octanol–water partition coefficient (Wildman–Crippen LogP) is 1.38.